The van der Waals surface area contributed by atoms with Gasteiger partial charge < -0.3 is 5.32 Å². The van der Waals surface area contributed by atoms with Gasteiger partial charge in [-0.15, -0.1) is 0 Å². The summed E-state index contributed by atoms with van der Waals surface area (Å²) in [5.74, 6) is 0.0560. The van der Waals surface area contributed by atoms with E-state index in [9.17, 15) is 9.59 Å². The molecule has 0 spiro atoms. The lowest BCUT2D eigenvalue weighted by Gasteiger charge is -2.17. The number of carbonyl (C=O) groups is 2. The van der Waals surface area contributed by atoms with E-state index in [-0.39, 0.29) is 18.1 Å². The number of rotatable bonds is 3. The SMILES string of the molecule is O=C1CCc2cc(C(=O)Cc3ccccc3Cl)ccc2N1. The van der Waals surface area contributed by atoms with Crippen molar-refractivity contribution in [2.24, 2.45) is 0 Å². The summed E-state index contributed by atoms with van der Waals surface area (Å²) in [6.45, 7) is 0. The molecule has 1 aliphatic heterocycles. The number of amides is 1. The van der Waals surface area contributed by atoms with Crippen LogP contribution in [0.15, 0.2) is 42.5 Å². The number of fused-ring (bicyclic) bond motifs is 1. The fraction of sp³-hybridized carbons (Fsp3) is 0.176. The first-order chi connectivity index (χ1) is 10.1. The average Bonchev–Trinajstić information content (AvgIpc) is 2.49. The molecule has 2 aromatic carbocycles. The Kier molecular flexibility index (Phi) is 3.76. The predicted octanol–water partition coefficient (Wildman–Crippen LogP) is 3.65. The van der Waals surface area contributed by atoms with E-state index in [2.05, 4.69) is 5.32 Å². The van der Waals surface area contributed by atoms with Crippen LogP contribution >= 0.6 is 11.6 Å². The van der Waals surface area contributed by atoms with Crippen molar-refractivity contribution in [2.75, 3.05) is 5.32 Å². The van der Waals surface area contributed by atoms with Crippen LogP contribution in [0.5, 0.6) is 0 Å². The summed E-state index contributed by atoms with van der Waals surface area (Å²) >= 11 is 6.09. The van der Waals surface area contributed by atoms with E-state index in [0.717, 1.165) is 16.8 Å². The Morgan fingerprint density at radius 1 is 1.14 bits per heavy atom. The number of carbonyl (C=O) groups excluding carboxylic acids is 2. The normalized spacial score (nSPS) is 13.5. The maximum Gasteiger partial charge on any atom is 0.224 e. The van der Waals surface area contributed by atoms with Gasteiger partial charge in [0.1, 0.15) is 0 Å². The number of nitrogens with one attached hydrogen (secondary N) is 1. The molecule has 1 amide bonds. The van der Waals surface area contributed by atoms with Crippen LogP contribution < -0.4 is 5.32 Å². The number of Topliss-reactive ketones (excluding diaryl/α,β-unsaturated/α-hetero) is 1. The fourth-order valence-corrected chi connectivity index (χ4v) is 2.68. The summed E-state index contributed by atoms with van der Waals surface area (Å²) in [5.41, 5.74) is 3.31. The van der Waals surface area contributed by atoms with Crippen LogP contribution in [0, 0.1) is 0 Å². The van der Waals surface area contributed by atoms with E-state index >= 15 is 0 Å². The lowest BCUT2D eigenvalue weighted by molar-refractivity contribution is -0.116. The van der Waals surface area contributed by atoms with Gasteiger partial charge in [0, 0.05) is 29.1 Å². The zero-order valence-corrected chi connectivity index (χ0v) is 12.1. The zero-order valence-electron chi connectivity index (χ0n) is 11.4. The monoisotopic (exact) mass is 299 g/mol. The summed E-state index contributed by atoms with van der Waals surface area (Å²) in [4.78, 5) is 23.7. The quantitative estimate of drug-likeness (QED) is 0.879. The lowest BCUT2D eigenvalue weighted by Crippen LogP contribution is -2.19. The summed E-state index contributed by atoms with van der Waals surface area (Å²) in [7, 11) is 0. The molecule has 0 aromatic heterocycles. The van der Waals surface area contributed by atoms with Crippen LogP contribution in [-0.4, -0.2) is 11.7 Å². The van der Waals surface area contributed by atoms with Crippen LogP contribution in [0.1, 0.15) is 27.9 Å². The lowest BCUT2D eigenvalue weighted by atomic mass is 9.96. The maximum atomic E-state index is 12.4. The molecule has 21 heavy (non-hydrogen) atoms. The smallest absolute Gasteiger partial charge is 0.224 e. The Morgan fingerprint density at radius 2 is 1.95 bits per heavy atom. The molecule has 1 N–H and O–H groups in total. The van der Waals surface area contributed by atoms with Crippen LogP contribution in [0.3, 0.4) is 0 Å². The summed E-state index contributed by atoms with van der Waals surface area (Å²) in [6, 6.07) is 12.8. The second kappa shape index (κ2) is 5.70. The molecule has 0 aliphatic carbocycles. The minimum Gasteiger partial charge on any atom is -0.326 e. The largest absolute Gasteiger partial charge is 0.326 e. The van der Waals surface area contributed by atoms with Crippen LogP contribution in [0.4, 0.5) is 5.69 Å². The van der Waals surface area contributed by atoms with Gasteiger partial charge in [0.25, 0.3) is 0 Å². The second-order valence-electron chi connectivity index (χ2n) is 5.11. The minimum absolute atomic E-state index is 0.0256. The molecule has 1 heterocycles. The molecule has 0 unspecified atom stereocenters. The van der Waals surface area contributed by atoms with Crippen molar-refractivity contribution in [3.05, 3.63) is 64.2 Å². The van der Waals surface area contributed by atoms with Crippen LogP contribution in [0.25, 0.3) is 0 Å². The standard InChI is InChI=1S/C17H14ClNO2/c18-14-4-2-1-3-11(14)10-16(20)13-5-7-15-12(9-13)6-8-17(21)19-15/h1-5,7,9H,6,8,10H2,(H,19,21). The number of benzene rings is 2. The van der Waals surface area contributed by atoms with E-state index in [1.54, 1.807) is 18.2 Å². The second-order valence-corrected chi connectivity index (χ2v) is 5.52. The van der Waals surface area contributed by atoms with Crippen molar-refractivity contribution in [1.29, 1.82) is 0 Å². The number of aryl methyl sites for hydroxylation is 1. The number of ketones is 1. The van der Waals surface area contributed by atoms with E-state index in [0.29, 0.717) is 23.4 Å². The zero-order chi connectivity index (χ0) is 14.8. The van der Waals surface area contributed by atoms with Crippen molar-refractivity contribution in [3.8, 4) is 0 Å². The average molecular weight is 300 g/mol. The molecular weight excluding hydrogens is 286 g/mol. The molecular formula is C17H14ClNO2. The Morgan fingerprint density at radius 3 is 2.76 bits per heavy atom. The highest BCUT2D eigenvalue weighted by atomic mass is 35.5. The highest BCUT2D eigenvalue weighted by Gasteiger charge is 2.17. The Hall–Kier alpha value is -2.13. The molecule has 106 valence electrons. The van der Waals surface area contributed by atoms with Gasteiger partial charge in [-0.3, -0.25) is 9.59 Å². The van der Waals surface area contributed by atoms with Gasteiger partial charge in [-0.05, 0) is 41.8 Å². The van der Waals surface area contributed by atoms with E-state index in [4.69, 9.17) is 11.6 Å². The number of hydrogen-bond donors (Lipinski definition) is 1. The molecule has 0 saturated heterocycles. The third-order valence-electron chi connectivity index (χ3n) is 3.63. The van der Waals surface area contributed by atoms with Crippen molar-refractivity contribution >= 4 is 29.0 Å². The predicted molar refractivity (Wildman–Crippen MR) is 82.9 cm³/mol. The molecule has 0 radical (unpaired) electrons. The fourth-order valence-electron chi connectivity index (χ4n) is 2.47. The van der Waals surface area contributed by atoms with E-state index in [1.807, 2.05) is 24.3 Å². The van der Waals surface area contributed by atoms with Gasteiger partial charge in [0.2, 0.25) is 5.91 Å². The molecule has 0 atom stereocenters. The van der Waals surface area contributed by atoms with Gasteiger partial charge in [0.05, 0.1) is 0 Å². The molecule has 3 rings (SSSR count). The van der Waals surface area contributed by atoms with Crippen molar-refractivity contribution in [2.45, 2.75) is 19.3 Å². The minimum atomic E-state index is 0.0256. The number of halogens is 1. The highest BCUT2D eigenvalue weighted by Crippen LogP contribution is 2.25. The first-order valence-electron chi connectivity index (χ1n) is 6.83. The molecule has 2 aromatic rings. The summed E-state index contributed by atoms with van der Waals surface area (Å²) in [5, 5.41) is 3.42. The van der Waals surface area contributed by atoms with Gasteiger partial charge in [-0.1, -0.05) is 29.8 Å². The molecule has 3 nitrogen and oxygen atoms in total. The Balaban J connectivity index is 1.83. The molecule has 1 aliphatic rings. The first kappa shape index (κ1) is 13.8. The Bertz CT molecular complexity index is 724. The van der Waals surface area contributed by atoms with Gasteiger partial charge in [-0.2, -0.15) is 0 Å². The summed E-state index contributed by atoms with van der Waals surface area (Å²) < 4.78 is 0. The van der Waals surface area contributed by atoms with Gasteiger partial charge in [0.15, 0.2) is 5.78 Å². The van der Waals surface area contributed by atoms with E-state index in [1.165, 1.54) is 0 Å². The van der Waals surface area contributed by atoms with Crippen molar-refractivity contribution in [1.82, 2.24) is 0 Å². The Labute approximate surface area is 127 Å². The molecule has 0 fully saturated rings. The van der Waals surface area contributed by atoms with E-state index < -0.39 is 0 Å². The third-order valence-corrected chi connectivity index (χ3v) is 4.00. The summed E-state index contributed by atoms with van der Waals surface area (Å²) in [6.07, 6.45) is 1.42. The van der Waals surface area contributed by atoms with Crippen LogP contribution in [0.2, 0.25) is 5.02 Å². The van der Waals surface area contributed by atoms with Crippen molar-refractivity contribution < 1.29 is 9.59 Å². The number of hydrogen-bond acceptors (Lipinski definition) is 2. The van der Waals surface area contributed by atoms with Gasteiger partial charge >= 0.3 is 0 Å². The number of anilines is 1. The molecule has 4 heteroatoms. The van der Waals surface area contributed by atoms with Crippen molar-refractivity contribution in [3.63, 3.8) is 0 Å². The topological polar surface area (TPSA) is 46.2 Å². The maximum absolute atomic E-state index is 12.4. The van der Waals surface area contributed by atoms with Gasteiger partial charge in [-0.25, -0.2) is 0 Å². The highest BCUT2D eigenvalue weighted by molar-refractivity contribution is 6.31. The molecule has 0 bridgehead atoms. The van der Waals surface area contributed by atoms with Crippen LogP contribution in [-0.2, 0) is 17.6 Å². The first-order valence-corrected chi connectivity index (χ1v) is 7.20. The molecule has 0 saturated carbocycles. The third kappa shape index (κ3) is 2.98.